The Labute approximate surface area is 161 Å². The Kier molecular flexibility index (Phi) is 3.32. The van der Waals surface area contributed by atoms with Crippen molar-refractivity contribution in [2.75, 3.05) is 0 Å². The lowest BCUT2D eigenvalue weighted by Crippen LogP contribution is -2.08. The van der Waals surface area contributed by atoms with E-state index in [4.69, 9.17) is 9.97 Å². The van der Waals surface area contributed by atoms with E-state index in [0.717, 1.165) is 38.9 Å². The van der Waals surface area contributed by atoms with Gasteiger partial charge in [0.1, 0.15) is 11.4 Å². The molecule has 0 spiro atoms. The second kappa shape index (κ2) is 5.99. The first-order chi connectivity index (χ1) is 13.8. The molecule has 6 nitrogen and oxygen atoms in total. The quantitative estimate of drug-likeness (QED) is 0.479. The van der Waals surface area contributed by atoms with Gasteiger partial charge in [-0.1, -0.05) is 24.6 Å². The zero-order valence-corrected chi connectivity index (χ0v) is 15.2. The molecule has 28 heavy (non-hydrogen) atoms. The van der Waals surface area contributed by atoms with Crippen molar-refractivity contribution in [3.05, 3.63) is 60.6 Å². The number of nitrogens with zero attached hydrogens (tertiary/aromatic N) is 4. The summed E-state index contributed by atoms with van der Waals surface area (Å²) >= 11 is 0. The van der Waals surface area contributed by atoms with Crippen LogP contribution in [0, 0.1) is 0 Å². The predicted octanol–water partition coefficient (Wildman–Crippen LogP) is 4.83. The summed E-state index contributed by atoms with van der Waals surface area (Å²) in [5, 5.41) is 8.83. The van der Waals surface area contributed by atoms with E-state index in [1.165, 1.54) is 25.0 Å². The van der Waals surface area contributed by atoms with E-state index in [1.54, 1.807) is 6.33 Å². The van der Waals surface area contributed by atoms with Crippen molar-refractivity contribution in [3.63, 3.8) is 0 Å². The molecule has 3 heterocycles. The van der Waals surface area contributed by atoms with Crippen LogP contribution in [0.2, 0.25) is 0 Å². The van der Waals surface area contributed by atoms with Gasteiger partial charge in [-0.15, -0.1) is 0 Å². The van der Waals surface area contributed by atoms with Gasteiger partial charge in [0.2, 0.25) is 0 Å². The highest BCUT2D eigenvalue weighted by Gasteiger charge is 2.23. The molecule has 136 valence electrons. The molecule has 6 rings (SSSR count). The topological polar surface area (TPSA) is 83.1 Å². The normalized spacial score (nSPS) is 14.6. The molecular weight excluding hydrogens is 348 g/mol. The molecule has 0 amide bonds. The summed E-state index contributed by atoms with van der Waals surface area (Å²) in [7, 11) is 0. The van der Waals surface area contributed by atoms with Gasteiger partial charge in [-0.05, 0) is 43.2 Å². The average Bonchev–Trinajstić information content (AvgIpc) is 3.34. The highest BCUT2D eigenvalue weighted by atomic mass is 15.1. The third-order valence-electron chi connectivity index (χ3n) is 5.67. The molecule has 0 atom stereocenters. The van der Waals surface area contributed by atoms with E-state index in [0.29, 0.717) is 11.7 Å². The minimum atomic E-state index is 0.608. The number of nitrogens with one attached hydrogen (secondary N) is 2. The molecule has 3 aromatic heterocycles. The van der Waals surface area contributed by atoms with Gasteiger partial charge in [0.25, 0.3) is 0 Å². The van der Waals surface area contributed by atoms with Crippen LogP contribution in [0.1, 0.15) is 30.9 Å². The Hall–Kier alpha value is -3.54. The molecule has 0 bridgehead atoms. The van der Waals surface area contributed by atoms with Gasteiger partial charge < -0.3 is 4.98 Å². The van der Waals surface area contributed by atoms with Gasteiger partial charge >= 0.3 is 0 Å². The van der Waals surface area contributed by atoms with Crippen molar-refractivity contribution < 1.29 is 0 Å². The van der Waals surface area contributed by atoms with Gasteiger partial charge in [0.05, 0.1) is 22.9 Å². The van der Waals surface area contributed by atoms with Crippen LogP contribution in [0.15, 0.2) is 54.9 Å². The fourth-order valence-corrected chi connectivity index (χ4v) is 3.86. The van der Waals surface area contributed by atoms with Crippen LogP contribution in [0.4, 0.5) is 0 Å². The minimum absolute atomic E-state index is 0.608. The number of rotatable bonds is 3. The molecule has 0 radical (unpaired) electrons. The molecule has 0 aliphatic heterocycles. The number of para-hydroxylation sites is 1. The fourth-order valence-electron chi connectivity index (χ4n) is 3.86. The lowest BCUT2D eigenvalue weighted by atomic mass is 9.83. The molecule has 5 aromatic rings. The Morgan fingerprint density at radius 1 is 0.929 bits per heavy atom. The van der Waals surface area contributed by atoms with Crippen LogP contribution in [-0.4, -0.2) is 30.1 Å². The lowest BCUT2D eigenvalue weighted by molar-refractivity contribution is 0.410. The Bertz CT molecular complexity index is 1310. The summed E-state index contributed by atoms with van der Waals surface area (Å²) in [6.45, 7) is 0. The van der Waals surface area contributed by atoms with Crippen LogP contribution < -0.4 is 0 Å². The number of fused-ring (bicyclic) bond motifs is 2. The average molecular weight is 366 g/mol. The maximum atomic E-state index is 4.92. The van der Waals surface area contributed by atoms with Crippen LogP contribution in [0.25, 0.3) is 44.7 Å². The molecule has 0 saturated heterocycles. The SMILES string of the molecule is c1ccc2c(-c3cc(C4CCC4)[nH]n3)nc(-c3ccc4nc[nH]c4c3)nc2c1. The number of hydrogen-bond acceptors (Lipinski definition) is 4. The van der Waals surface area contributed by atoms with Crippen molar-refractivity contribution >= 4 is 21.9 Å². The van der Waals surface area contributed by atoms with Crippen LogP contribution in [0.3, 0.4) is 0 Å². The molecule has 2 aromatic carbocycles. The van der Waals surface area contributed by atoms with Crippen molar-refractivity contribution in [3.8, 4) is 22.8 Å². The number of benzene rings is 2. The van der Waals surface area contributed by atoms with Gasteiger partial charge in [0.15, 0.2) is 5.82 Å². The summed E-state index contributed by atoms with van der Waals surface area (Å²) in [4.78, 5) is 17.2. The largest absolute Gasteiger partial charge is 0.345 e. The number of aromatic nitrogens is 6. The molecule has 1 aliphatic carbocycles. The van der Waals surface area contributed by atoms with Crippen molar-refractivity contribution in [1.29, 1.82) is 0 Å². The highest BCUT2D eigenvalue weighted by molar-refractivity contribution is 5.93. The summed E-state index contributed by atoms with van der Waals surface area (Å²) in [6.07, 6.45) is 5.48. The summed E-state index contributed by atoms with van der Waals surface area (Å²) < 4.78 is 0. The molecule has 2 N–H and O–H groups in total. The Balaban J connectivity index is 1.54. The molecule has 1 fully saturated rings. The third kappa shape index (κ3) is 2.41. The lowest BCUT2D eigenvalue weighted by Gasteiger charge is -2.23. The molecule has 6 heteroatoms. The van der Waals surface area contributed by atoms with Crippen molar-refractivity contribution in [2.45, 2.75) is 25.2 Å². The first-order valence-corrected chi connectivity index (χ1v) is 9.61. The molecular formula is C22H18N6. The minimum Gasteiger partial charge on any atom is -0.345 e. The molecule has 0 unspecified atom stereocenters. The van der Waals surface area contributed by atoms with Gasteiger partial charge in [-0.25, -0.2) is 15.0 Å². The van der Waals surface area contributed by atoms with Crippen LogP contribution >= 0.6 is 0 Å². The maximum Gasteiger partial charge on any atom is 0.160 e. The number of hydrogen-bond donors (Lipinski definition) is 2. The van der Waals surface area contributed by atoms with Gasteiger partial charge in [-0.3, -0.25) is 5.10 Å². The number of aromatic amines is 2. The predicted molar refractivity (Wildman–Crippen MR) is 109 cm³/mol. The number of imidazole rings is 1. The van der Waals surface area contributed by atoms with Crippen molar-refractivity contribution in [2.24, 2.45) is 0 Å². The van der Waals surface area contributed by atoms with E-state index in [2.05, 4.69) is 32.3 Å². The first kappa shape index (κ1) is 15.5. The maximum absolute atomic E-state index is 4.92. The standard InChI is InChI=1S/C22H18N6/c1-2-7-16-15(6-1)21(20-11-18(27-28-20)13-4-3-5-13)26-22(25-16)14-8-9-17-19(10-14)24-12-23-17/h1-2,6-13H,3-5H2,(H,23,24)(H,27,28). The van der Waals surface area contributed by atoms with E-state index < -0.39 is 0 Å². The molecule has 1 aliphatic rings. The van der Waals surface area contributed by atoms with E-state index >= 15 is 0 Å². The fraction of sp³-hybridized carbons (Fsp3) is 0.182. The summed E-state index contributed by atoms with van der Waals surface area (Å²) in [6, 6.07) is 16.3. The third-order valence-corrected chi connectivity index (χ3v) is 5.67. The smallest absolute Gasteiger partial charge is 0.160 e. The van der Waals surface area contributed by atoms with Crippen LogP contribution in [0.5, 0.6) is 0 Å². The van der Waals surface area contributed by atoms with E-state index in [-0.39, 0.29) is 0 Å². The Morgan fingerprint density at radius 2 is 1.86 bits per heavy atom. The van der Waals surface area contributed by atoms with E-state index in [1.807, 2.05) is 36.4 Å². The first-order valence-electron chi connectivity index (χ1n) is 9.61. The van der Waals surface area contributed by atoms with Crippen LogP contribution in [-0.2, 0) is 0 Å². The number of H-pyrrole nitrogens is 2. The second-order valence-electron chi connectivity index (χ2n) is 7.38. The monoisotopic (exact) mass is 366 g/mol. The van der Waals surface area contributed by atoms with E-state index in [9.17, 15) is 0 Å². The summed E-state index contributed by atoms with van der Waals surface area (Å²) in [5.74, 6) is 1.30. The zero-order chi connectivity index (χ0) is 18.5. The second-order valence-corrected chi connectivity index (χ2v) is 7.38. The Morgan fingerprint density at radius 3 is 2.75 bits per heavy atom. The highest BCUT2D eigenvalue weighted by Crippen LogP contribution is 2.37. The zero-order valence-electron chi connectivity index (χ0n) is 15.2. The van der Waals surface area contributed by atoms with Gasteiger partial charge in [-0.2, -0.15) is 5.10 Å². The molecule has 1 saturated carbocycles. The van der Waals surface area contributed by atoms with Gasteiger partial charge in [0, 0.05) is 22.6 Å². The summed E-state index contributed by atoms with van der Waals surface area (Å²) in [5.41, 5.74) is 6.74. The van der Waals surface area contributed by atoms with Crippen molar-refractivity contribution in [1.82, 2.24) is 30.1 Å².